The van der Waals surface area contributed by atoms with Gasteiger partial charge in [-0.3, -0.25) is 4.79 Å². The summed E-state index contributed by atoms with van der Waals surface area (Å²) in [6.45, 7) is 0. The molecule has 1 heterocycles. The van der Waals surface area contributed by atoms with Crippen LogP contribution < -0.4 is 10.1 Å². The molecule has 24 heavy (non-hydrogen) atoms. The van der Waals surface area contributed by atoms with Crippen LogP contribution in [0.15, 0.2) is 76.6 Å². The molecule has 1 fully saturated rings. The van der Waals surface area contributed by atoms with E-state index < -0.39 is 0 Å². The van der Waals surface area contributed by atoms with Crippen LogP contribution in [-0.2, 0) is 0 Å². The third kappa shape index (κ3) is 4.14. The first kappa shape index (κ1) is 16.1. The molecule has 3 rings (SSSR count). The number of amides is 1. The zero-order valence-corrected chi connectivity index (χ0v) is 13.9. The number of thioether (sulfide) groups is 1. The Kier molecular flexibility index (Phi) is 5.13. The maximum Gasteiger partial charge on any atom is 0.289 e. The first-order valence-corrected chi connectivity index (χ1v) is 8.21. The van der Waals surface area contributed by atoms with Gasteiger partial charge in [0.05, 0.1) is 17.7 Å². The van der Waals surface area contributed by atoms with Crippen LogP contribution in [0.2, 0.25) is 0 Å². The molecule has 1 amide bonds. The van der Waals surface area contributed by atoms with E-state index in [-0.39, 0.29) is 5.24 Å². The Balaban J connectivity index is 1.80. The van der Waals surface area contributed by atoms with Crippen molar-refractivity contribution in [2.75, 3.05) is 7.11 Å². The highest BCUT2D eigenvalue weighted by molar-refractivity contribution is 8.18. The second-order valence-corrected chi connectivity index (χ2v) is 5.99. The lowest BCUT2D eigenvalue weighted by molar-refractivity contribution is 0.265. The molecule has 1 N–H and O–H groups in total. The van der Waals surface area contributed by atoms with Gasteiger partial charge in [0.15, 0.2) is 0 Å². The molecule has 0 aliphatic carbocycles. The number of benzene rings is 2. The highest BCUT2D eigenvalue weighted by atomic mass is 32.2. The van der Waals surface area contributed by atoms with E-state index in [1.54, 1.807) is 7.11 Å². The smallest absolute Gasteiger partial charge is 0.289 e. The second-order valence-electron chi connectivity index (χ2n) is 4.97. The van der Waals surface area contributed by atoms with Gasteiger partial charge in [-0.2, -0.15) is 0 Å². The van der Waals surface area contributed by atoms with Crippen molar-refractivity contribution in [1.29, 1.82) is 0 Å². The van der Waals surface area contributed by atoms with Crippen LogP contribution in [-0.4, -0.2) is 18.2 Å². The second kappa shape index (κ2) is 7.66. The van der Waals surface area contributed by atoms with Gasteiger partial charge in [-0.05, 0) is 47.7 Å². The molecule has 0 radical (unpaired) electrons. The molecule has 1 aliphatic heterocycles. The van der Waals surface area contributed by atoms with E-state index in [1.165, 1.54) is 0 Å². The lowest BCUT2D eigenvalue weighted by atomic mass is 10.2. The number of carbonyl (C=O) groups excluding carboxylic acids is 1. The fraction of sp³-hybridized carbons (Fsp3) is 0.0526. The minimum atomic E-state index is -0.123. The fourth-order valence-corrected chi connectivity index (χ4v) is 2.81. The van der Waals surface area contributed by atoms with Crippen LogP contribution in [0, 0.1) is 0 Å². The van der Waals surface area contributed by atoms with Crippen LogP contribution in [0.25, 0.3) is 6.08 Å². The van der Waals surface area contributed by atoms with E-state index in [2.05, 4.69) is 10.3 Å². The number of nitrogens with one attached hydrogen (secondary N) is 1. The van der Waals surface area contributed by atoms with E-state index in [1.807, 2.05) is 72.8 Å². The SMILES string of the molecule is COc1ccc(N=C2NC(=O)SC2=CC=Cc2ccccc2)cc1. The van der Waals surface area contributed by atoms with E-state index in [9.17, 15) is 4.79 Å². The number of carbonyl (C=O) groups is 1. The molecule has 2 aromatic rings. The zero-order chi connectivity index (χ0) is 16.8. The molecule has 0 saturated carbocycles. The van der Waals surface area contributed by atoms with Crippen molar-refractivity contribution in [1.82, 2.24) is 5.32 Å². The molecule has 4 nitrogen and oxygen atoms in total. The Morgan fingerprint density at radius 3 is 2.54 bits per heavy atom. The van der Waals surface area contributed by atoms with Crippen molar-refractivity contribution in [3.63, 3.8) is 0 Å². The third-order valence-corrected chi connectivity index (χ3v) is 4.14. The van der Waals surface area contributed by atoms with Crippen molar-refractivity contribution in [2.45, 2.75) is 0 Å². The molecule has 1 saturated heterocycles. The molecule has 0 atom stereocenters. The fourth-order valence-electron chi connectivity index (χ4n) is 2.12. The van der Waals surface area contributed by atoms with Crippen molar-refractivity contribution < 1.29 is 9.53 Å². The van der Waals surface area contributed by atoms with E-state index in [0.717, 1.165) is 33.7 Å². The van der Waals surface area contributed by atoms with Crippen LogP contribution in [0.4, 0.5) is 10.5 Å². The molecule has 2 aromatic carbocycles. The Morgan fingerprint density at radius 1 is 1.08 bits per heavy atom. The lowest BCUT2D eigenvalue weighted by Gasteiger charge is -2.01. The average molecular weight is 336 g/mol. The summed E-state index contributed by atoms with van der Waals surface area (Å²) in [4.78, 5) is 17.0. The van der Waals surface area contributed by atoms with Gasteiger partial charge in [-0.1, -0.05) is 42.5 Å². The molecular formula is C19H16N2O2S. The highest BCUT2D eigenvalue weighted by Crippen LogP contribution is 2.27. The summed E-state index contributed by atoms with van der Waals surface area (Å²) in [5.41, 5.74) is 1.86. The van der Waals surface area contributed by atoms with Gasteiger partial charge in [0.2, 0.25) is 0 Å². The number of nitrogens with zero attached hydrogens (tertiary/aromatic N) is 1. The molecular weight excluding hydrogens is 320 g/mol. The van der Waals surface area contributed by atoms with Gasteiger partial charge in [0.25, 0.3) is 5.24 Å². The summed E-state index contributed by atoms with van der Waals surface area (Å²) >= 11 is 1.14. The molecule has 120 valence electrons. The summed E-state index contributed by atoms with van der Waals surface area (Å²) in [5, 5.41) is 2.65. The molecule has 1 aliphatic rings. The molecule has 0 bridgehead atoms. The zero-order valence-electron chi connectivity index (χ0n) is 13.1. The van der Waals surface area contributed by atoms with Crippen LogP contribution in [0.3, 0.4) is 0 Å². The number of ether oxygens (including phenoxy) is 1. The number of amidine groups is 1. The summed E-state index contributed by atoms with van der Waals surface area (Å²) in [6.07, 6.45) is 5.79. The number of allylic oxidation sites excluding steroid dienone is 2. The van der Waals surface area contributed by atoms with E-state index >= 15 is 0 Å². The largest absolute Gasteiger partial charge is 0.497 e. The Labute approximate surface area is 145 Å². The van der Waals surface area contributed by atoms with E-state index in [4.69, 9.17) is 4.74 Å². The van der Waals surface area contributed by atoms with Gasteiger partial charge >= 0.3 is 0 Å². The summed E-state index contributed by atoms with van der Waals surface area (Å²) < 4.78 is 5.13. The van der Waals surface area contributed by atoms with Gasteiger partial charge < -0.3 is 10.1 Å². The maximum atomic E-state index is 11.7. The van der Waals surface area contributed by atoms with Crippen molar-refractivity contribution in [3.8, 4) is 5.75 Å². The predicted molar refractivity (Wildman–Crippen MR) is 99.8 cm³/mol. The number of hydrogen-bond donors (Lipinski definition) is 1. The van der Waals surface area contributed by atoms with Gasteiger partial charge in [-0.15, -0.1) is 0 Å². The van der Waals surface area contributed by atoms with Gasteiger partial charge in [0, 0.05) is 0 Å². The monoisotopic (exact) mass is 336 g/mol. The minimum absolute atomic E-state index is 0.123. The van der Waals surface area contributed by atoms with E-state index in [0.29, 0.717) is 5.84 Å². The third-order valence-electron chi connectivity index (χ3n) is 3.31. The normalized spacial score (nSPS) is 17.6. The summed E-state index contributed by atoms with van der Waals surface area (Å²) in [6, 6.07) is 17.3. The molecule has 0 spiro atoms. The predicted octanol–water partition coefficient (Wildman–Crippen LogP) is 4.78. The van der Waals surface area contributed by atoms with Crippen LogP contribution >= 0.6 is 11.8 Å². The molecule has 5 heteroatoms. The first-order chi connectivity index (χ1) is 11.7. The van der Waals surface area contributed by atoms with Crippen molar-refractivity contribution in [2.24, 2.45) is 4.99 Å². The standard InChI is InChI=1S/C19H16N2O2S/c1-23-16-12-10-15(11-13-16)20-18-17(24-19(22)21-18)9-5-8-14-6-3-2-4-7-14/h2-13H,1H3,(H,20,21,22). The number of rotatable bonds is 4. The van der Waals surface area contributed by atoms with Crippen molar-refractivity contribution in [3.05, 3.63) is 77.2 Å². The Morgan fingerprint density at radius 2 is 1.83 bits per heavy atom. The Bertz CT molecular complexity index is 809. The highest BCUT2D eigenvalue weighted by Gasteiger charge is 2.22. The van der Waals surface area contributed by atoms with Gasteiger partial charge in [-0.25, -0.2) is 4.99 Å². The number of aliphatic imine (C=N–C) groups is 1. The average Bonchev–Trinajstić information content (AvgIpc) is 2.96. The number of methoxy groups -OCH3 is 1. The van der Waals surface area contributed by atoms with Crippen LogP contribution in [0.1, 0.15) is 5.56 Å². The Hall–Kier alpha value is -2.79. The maximum absolute atomic E-state index is 11.7. The minimum Gasteiger partial charge on any atom is -0.497 e. The van der Waals surface area contributed by atoms with Crippen LogP contribution in [0.5, 0.6) is 5.75 Å². The number of hydrogen-bond acceptors (Lipinski definition) is 4. The topological polar surface area (TPSA) is 50.7 Å². The van der Waals surface area contributed by atoms with Crippen molar-refractivity contribution >= 4 is 34.6 Å². The first-order valence-electron chi connectivity index (χ1n) is 7.40. The quantitative estimate of drug-likeness (QED) is 0.874. The molecule has 0 aromatic heterocycles. The molecule has 0 unspecified atom stereocenters. The lowest BCUT2D eigenvalue weighted by Crippen LogP contribution is -2.18. The van der Waals surface area contributed by atoms with Gasteiger partial charge in [0.1, 0.15) is 11.6 Å². The summed E-state index contributed by atoms with van der Waals surface area (Å²) in [7, 11) is 1.62. The summed E-state index contributed by atoms with van der Waals surface area (Å²) in [5.74, 6) is 1.33.